The quantitative estimate of drug-likeness (QED) is 0.307. The lowest BCUT2D eigenvalue weighted by Gasteiger charge is -2.10. The highest BCUT2D eigenvalue weighted by Gasteiger charge is 2.09. The number of nitrogens with one attached hydrogen (secondary N) is 2. The first-order valence-electron chi connectivity index (χ1n) is 9.90. The molecule has 0 saturated heterocycles. The molecule has 2 amide bonds. The van der Waals surface area contributed by atoms with E-state index in [1.54, 1.807) is 30.3 Å². The van der Waals surface area contributed by atoms with Gasteiger partial charge in [0.05, 0.1) is 18.3 Å². The van der Waals surface area contributed by atoms with E-state index in [9.17, 15) is 14.7 Å². The third-order valence-corrected chi connectivity index (χ3v) is 5.21. The standard InChI is InChI=1S/C24H21Cl2N3O4/c1-33-22-13-19(28-23(31)11-4-15-2-7-18(25)8-3-15)9-5-17(22)14-27-29-24(32)16-6-10-21(30)20(26)12-16/h2-3,5-10,12-14,30H,4,11H2,1H3,(H,28,31)(H,29,32). The summed E-state index contributed by atoms with van der Waals surface area (Å²) in [6.07, 6.45) is 2.34. The van der Waals surface area contributed by atoms with Crippen LogP contribution in [0, 0.1) is 0 Å². The molecule has 7 nitrogen and oxygen atoms in total. The molecule has 0 aliphatic rings. The molecule has 9 heteroatoms. The molecule has 3 rings (SSSR count). The number of halogens is 2. The van der Waals surface area contributed by atoms with Crippen LogP contribution in [0.15, 0.2) is 65.8 Å². The Morgan fingerprint density at radius 2 is 1.82 bits per heavy atom. The van der Waals surface area contributed by atoms with Crippen molar-refractivity contribution in [3.63, 3.8) is 0 Å². The first kappa shape index (κ1) is 24.1. The number of amides is 2. The lowest BCUT2D eigenvalue weighted by Crippen LogP contribution is -2.17. The fourth-order valence-electron chi connectivity index (χ4n) is 2.90. The van der Waals surface area contributed by atoms with E-state index in [2.05, 4.69) is 15.8 Å². The first-order chi connectivity index (χ1) is 15.9. The number of carbonyl (C=O) groups excluding carboxylic acids is 2. The minimum atomic E-state index is -0.489. The second kappa shape index (κ2) is 11.4. The maximum absolute atomic E-state index is 12.3. The van der Waals surface area contributed by atoms with Crippen LogP contribution in [0.5, 0.6) is 11.5 Å². The van der Waals surface area contributed by atoms with Gasteiger partial charge in [-0.1, -0.05) is 35.3 Å². The number of rotatable bonds is 8. The van der Waals surface area contributed by atoms with Crippen molar-refractivity contribution >= 4 is 46.9 Å². The molecule has 0 radical (unpaired) electrons. The Kier molecular flexibility index (Phi) is 8.29. The Labute approximate surface area is 201 Å². The minimum Gasteiger partial charge on any atom is -0.506 e. The monoisotopic (exact) mass is 485 g/mol. The van der Waals surface area contributed by atoms with Crippen molar-refractivity contribution in [1.82, 2.24) is 5.43 Å². The summed E-state index contributed by atoms with van der Waals surface area (Å²) < 4.78 is 5.37. The molecule has 3 N–H and O–H groups in total. The molecule has 33 heavy (non-hydrogen) atoms. The van der Waals surface area contributed by atoms with Crippen LogP contribution in [0.25, 0.3) is 0 Å². The zero-order valence-electron chi connectivity index (χ0n) is 17.6. The van der Waals surface area contributed by atoms with Gasteiger partial charge in [-0.25, -0.2) is 5.43 Å². The number of hydrazone groups is 1. The zero-order chi connectivity index (χ0) is 23.8. The number of aryl methyl sites for hydroxylation is 1. The van der Waals surface area contributed by atoms with Crippen LogP contribution in [-0.2, 0) is 11.2 Å². The first-order valence-corrected chi connectivity index (χ1v) is 10.7. The summed E-state index contributed by atoms with van der Waals surface area (Å²) in [4.78, 5) is 24.4. The lowest BCUT2D eigenvalue weighted by molar-refractivity contribution is -0.116. The highest BCUT2D eigenvalue weighted by atomic mass is 35.5. The third-order valence-electron chi connectivity index (χ3n) is 4.65. The maximum atomic E-state index is 12.3. The molecule has 0 heterocycles. The van der Waals surface area contributed by atoms with Crippen molar-refractivity contribution in [2.24, 2.45) is 5.10 Å². The number of hydrogen-bond acceptors (Lipinski definition) is 5. The number of methoxy groups -OCH3 is 1. The Balaban J connectivity index is 1.58. The van der Waals surface area contributed by atoms with E-state index >= 15 is 0 Å². The van der Waals surface area contributed by atoms with Gasteiger partial charge < -0.3 is 15.2 Å². The van der Waals surface area contributed by atoms with Crippen LogP contribution in [0.3, 0.4) is 0 Å². The van der Waals surface area contributed by atoms with Gasteiger partial charge in [-0.2, -0.15) is 5.10 Å². The van der Waals surface area contributed by atoms with Gasteiger partial charge in [-0.15, -0.1) is 0 Å². The van der Waals surface area contributed by atoms with Gasteiger partial charge in [0.1, 0.15) is 11.5 Å². The van der Waals surface area contributed by atoms with Crippen molar-refractivity contribution in [2.75, 3.05) is 12.4 Å². The highest BCUT2D eigenvalue weighted by molar-refractivity contribution is 6.32. The number of aromatic hydroxyl groups is 1. The fourth-order valence-corrected chi connectivity index (χ4v) is 3.21. The predicted octanol–water partition coefficient (Wildman–Crippen LogP) is 5.04. The number of ether oxygens (including phenoxy) is 1. The topological polar surface area (TPSA) is 100 Å². The number of hydrogen-bond donors (Lipinski definition) is 3. The van der Waals surface area contributed by atoms with Crippen molar-refractivity contribution < 1.29 is 19.4 Å². The summed E-state index contributed by atoms with van der Waals surface area (Å²) in [5.74, 6) is -0.264. The molecule has 0 saturated carbocycles. The molecule has 3 aromatic carbocycles. The summed E-state index contributed by atoms with van der Waals surface area (Å²) in [6, 6.07) is 16.6. The Morgan fingerprint density at radius 1 is 1.06 bits per heavy atom. The average Bonchev–Trinajstić information content (AvgIpc) is 2.81. The van der Waals surface area contributed by atoms with E-state index < -0.39 is 5.91 Å². The molecule has 0 atom stereocenters. The summed E-state index contributed by atoms with van der Waals surface area (Å²) in [5.41, 5.74) is 4.83. The van der Waals surface area contributed by atoms with Crippen LogP contribution < -0.4 is 15.5 Å². The van der Waals surface area contributed by atoms with E-state index in [4.69, 9.17) is 27.9 Å². The van der Waals surface area contributed by atoms with Gasteiger partial charge in [0.15, 0.2) is 0 Å². The number of carbonyl (C=O) groups is 2. The Morgan fingerprint density at radius 3 is 2.52 bits per heavy atom. The summed E-state index contributed by atoms with van der Waals surface area (Å²) in [7, 11) is 1.50. The van der Waals surface area contributed by atoms with Gasteiger partial charge >= 0.3 is 0 Å². The molecular formula is C24H21Cl2N3O4. The average molecular weight is 486 g/mol. The molecule has 0 fully saturated rings. The van der Waals surface area contributed by atoms with Crippen molar-refractivity contribution in [1.29, 1.82) is 0 Å². The number of phenols is 1. The SMILES string of the molecule is COc1cc(NC(=O)CCc2ccc(Cl)cc2)ccc1C=NNC(=O)c1ccc(O)c(Cl)c1. The van der Waals surface area contributed by atoms with Crippen LogP contribution in [0.4, 0.5) is 5.69 Å². The summed E-state index contributed by atoms with van der Waals surface area (Å²) >= 11 is 11.7. The van der Waals surface area contributed by atoms with E-state index in [1.807, 2.05) is 12.1 Å². The molecule has 0 spiro atoms. The van der Waals surface area contributed by atoms with E-state index in [1.165, 1.54) is 31.5 Å². The summed E-state index contributed by atoms with van der Waals surface area (Å²) in [5, 5.41) is 16.9. The molecule has 0 aromatic heterocycles. The number of anilines is 1. The molecule has 0 aliphatic carbocycles. The molecule has 0 aliphatic heterocycles. The van der Waals surface area contributed by atoms with E-state index in [0.717, 1.165) is 5.56 Å². The van der Waals surface area contributed by atoms with Crippen LogP contribution in [-0.4, -0.2) is 30.2 Å². The minimum absolute atomic E-state index is 0.0686. The van der Waals surface area contributed by atoms with Crippen molar-refractivity contribution in [2.45, 2.75) is 12.8 Å². The maximum Gasteiger partial charge on any atom is 0.271 e. The van der Waals surface area contributed by atoms with Crippen LogP contribution in [0.2, 0.25) is 10.0 Å². The molecule has 170 valence electrons. The Bertz CT molecular complexity index is 1180. The van der Waals surface area contributed by atoms with E-state index in [0.29, 0.717) is 34.9 Å². The number of nitrogens with zero attached hydrogens (tertiary/aromatic N) is 1. The second-order valence-corrected chi connectivity index (χ2v) is 7.84. The van der Waals surface area contributed by atoms with E-state index in [-0.39, 0.29) is 22.2 Å². The third kappa shape index (κ3) is 6.97. The number of phenolic OH excluding ortho intramolecular Hbond substituents is 1. The molecule has 0 unspecified atom stereocenters. The lowest BCUT2D eigenvalue weighted by atomic mass is 10.1. The van der Waals surface area contributed by atoms with Gasteiger partial charge in [-0.3, -0.25) is 9.59 Å². The van der Waals surface area contributed by atoms with Crippen molar-refractivity contribution in [3.05, 3.63) is 87.4 Å². The number of benzene rings is 3. The highest BCUT2D eigenvalue weighted by Crippen LogP contribution is 2.24. The van der Waals surface area contributed by atoms with Crippen LogP contribution >= 0.6 is 23.2 Å². The summed E-state index contributed by atoms with van der Waals surface area (Å²) in [6.45, 7) is 0. The van der Waals surface area contributed by atoms with Gasteiger partial charge in [0.25, 0.3) is 5.91 Å². The van der Waals surface area contributed by atoms with Gasteiger partial charge in [0.2, 0.25) is 5.91 Å². The molecular weight excluding hydrogens is 465 g/mol. The predicted molar refractivity (Wildman–Crippen MR) is 130 cm³/mol. The Hall–Kier alpha value is -3.55. The smallest absolute Gasteiger partial charge is 0.271 e. The van der Waals surface area contributed by atoms with Crippen molar-refractivity contribution in [3.8, 4) is 11.5 Å². The fraction of sp³-hybridized carbons (Fsp3) is 0.125. The zero-order valence-corrected chi connectivity index (χ0v) is 19.2. The molecule has 3 aromatic rings. The molecule has 0 bridgehead atoms. The van der Waals surface area contributed by atoms with Gasteiger partial charge in [0, 0.05) is 34.3 Å². The van der Waals surface area contributed by atoms with Gasteiger partial charge in [-0.05, 0) is 54.4 Å². The second-order valence-electron chi connectivity index (χ2n) is 7.00. The largest absolute Gasteiger partial charge is 0.506 e. The normalized spacial score (nSPS) is 10.8. The van der Waals surface area contributed by atoms with Crippen LogP contribution in [0.1, 0.15) is 27.9 Å².